The first-order valence-corrected chi connectivity index (χ1v) is 8.16. The number of rotatable bonds is 2. The second-order valence-corrected chi connectivity index (χ2v) is 6.86. The molecule has 2 saturated heterocycles. The second-order valence-electron chi connectivity index (χ2n) is 6.86. The van der Waals surface area contributed by atoms with Gasteiger partial charge in [0, 0.05) is 48.9 Å². The lowest BCUT2D eigenvalue weighted by atomic mass is 9.75. The van der Waals surface area contributed by atoms with Crippen molar-refractivity contribution in [2.45, 2.75) is 18.9 Å². The molecule has 0 aromatic heterocycles. The topological polar surface area (TPSA) is 32.8 Å². The van der Waals surface area contributed by atoms with Gasteiger partial charge in [-0.05, 0) is 51.2 Å². The van der Waals surface area contributed by atoms with E-state index in [1.54, 1.807) is 0 Å². The van der Waals surface area contributed by atoms with Crippen molar-refractivity contribution < 1.29 is 9.53 Å². The van der Waals surface area contributed by atoms with Crippen LogP contribution < -0.4 is 0 Å². The Bertz CT molecular complexity index is 609. The lowest BCUT2D eigenvalue weighted by molar-refractivity contribution is -0.00816. The summed E-state index contributed by atoms with van der Waals surface area (Å²) < 4.78 is 5.55. The molecule has 1 atom stereocenters. The smallest absolute Gasteiger partial charge is 0.253 e. The van der Waals surface area contributed by atoms with Gasteiger partial charge in [0.25, 0.3) is 5.91 Å². The lowest BCUT2D eigenvalue weighted by Gasteiger charge is -2.40. The molecule has 4 heteroatoms. The molecule has 0 saturated carbocycles. The highest BCUT2D eigenvalue weighted by Crippen LogP contribution is 2.42. The summed E-state index contributed by atoms with van der Waals surface area (Å²) in [4.78, 5) is 17.1. The molecule has 2 aliphatic heterocycles. The van der Waals surface area contributed by atoms with E-state index in [4.69, 9.17) is 11.2 Å². The minimum Gasteiger partial charge on any atom is -0.381 e. The number of hydrogen-bond donors (Lipinski definition) is 0. The average molecular weight is 312 g/mol. The Kier molecular flexibility index (Phi) is 4.43. The van der Waals surface area contributed by atoms with Crippen LogP contribution in [0, 0.1) is 17.8 Å². The maximum Gasteiger partial charge on any atom is 0.253 e. The molecule has 0 radical (unpaired) electrons. The number of nitrogens with zero attached hydrogens (tertiary/aromatic N) is 2. The maximum absolute atomic E-state index is 12.9. The van der Waals surface area contributed by atoms with Crippen LogP contribution in [0.25, 0.3) is 0 Å². The van der Waals surface area contributed by atoms with Crippen molar-refractivity contribution in [1.82, 2.24) is 9.80 Å². The van der Waals surface area contributed by atoms with Crippen molar-refractivity contribution >= 4 is 5.91 Å². The Labute approximate surface area is 138 Å². The number of likely N-dealkylation sites (N-methyl/N-ethyl adjacent to an activating group) is 1. The number of carbonyl (C=O) groups excluding carboxylic acids is 1. The molecule has 0 N–H and O–H groups in total. The van der Waals surface area contributed by atoms with Gasteiger partial charge in [-0.1, -0.05) is 5.92 Å². The zero-order chi connectivity index (χ0) is 16.4. The van der Waals surface area contributed by atoms with E-state index in [0.717, 1.165) is 44.7 Å². The van der Waals surface area contributed by atoms with E-state index >= 15 is 0 Å². The standard InChI is InChI=1S/C19H24N2O2/c1-4-15-5-7-16(8-6-15)18(22)21-13-17(20(2)3)19(14-21)9-11-23-12-10-19/h1,5-8,17H,9-14H2,2-3H3/t17-/m0/s1. The van der Waals surface area contributed by atoms with Crippen LogP contribution in [0.5, 0.6) is 0 Å². The van der Waals surface area contributed by atoms with E-state index in [2.05, 4.69) is 24.9 Å². The maximum atomic E-state index is 12.9. The SMILES string of the molecule is C#Cc1ccc(C(=O)N2C[C@H](N(C)C)C3(CCOCC3)C2)cc1. The van der Waals surface area contributed by atoms with Gasteiger partial charge in [-0.3, -0.25) is 4.79 Å². The molecule has 2 fully saturated rings. The molecule has 0 unspecified atom stereocenters. The zero-order valence-electron chi connectivity index (χ0n) is 13.9. The molecule has 0 aliphatic carbocycles. The molecule has 122 valence electrons. The predicted molar refractivity (Wildman–Crippen MR) is 90.2 cm³/mol. The first kappa shape index (κ1) is 16.0. The van der Waals surface area contributed by atoms with Crippen LogP contribution >= 0.6 is 0 Å². The predicted octanol–water partition coefficient (Wildman–Crippen LogP) is 1.85. The molecule has 1 spiro atoms. The average Bonchev–Trinajstić information content (AvgIpc) is 2.94. The fourth-order valence-corrected chi connectivity index (χ4v) is 3.98. The van der Waals surface area contributed by atoms with Crippen LogP contribution in [0.3, 0.4) is 0 Å². The number of carbonyl (C=O) groups is 1. The normalized spacial score (nSPS) is 23.2. The molecule has 1 aromatic rings. The molecule has 23 heavy (non-hydrogen) atoms. The van der Waals surface area contributed by atoms with Crippen LogP contribution in [0.2, 0.25) is 0 Å². The van der Waals surface area contributed by atoms with E-state index in [0.29, 0.717) is 11.6 Å². The van der Waals surface area contributed by atoms with Crippen molar-refractivity contribution in [3.05, 3.63) is 35.4 Å². The molecule has 2 aliphatic rings. The number of hydrogen-bond acceptors (Lipinski definition) is 3. The van der Waals surface area contributed by atoms with Crippen LogP contribution in [0.15, 0.2) is 24.3 Å². The first-order valence-electron chi connectivity index (χ1n) is 8.16. The van der Waals surface area contributed by atoms with E-state index in [1.165, 1.54) is 0 Å². The van der Waals surface area contributed by atoms with E-state index < -0.39 is 0 Å². The Morgan fingerprint density at radius 3 is 2.52 bits per heavy atom. The van der Waals surface area contributed by atoms with Crippen molar-refractivity contribution in [1.29, 1.82) is 0 Å². The number of benzene rings is 1. The molecular weight excluding hydrogens is 288 g/mol. The number of amides is 1. The van der Waals surface area contributed by atoms with Crippen molar-refractivity contribution in [2.75, 3.05) is 40.4 Å². The number of likely N-dealkylation sites (tertiary alicyclic amines) is 1. The molecule has 0 bridgehead atoms. The van der Waals surface area contributed by atoms with Crippen molar-refractivity contribution in [2.24, 2.45) is 5.41 Å². The van der Waals surface area contributed by atoms with Gasteiger partial charge in [-0.2, -0.15) is 0 Å². The second kappa shape index (κ2) is 6.35. The van der Waals surface area contributed by atoms with E-state index in [-0.39, 0.29) is 11.3 Å². The van der Waals surface area contributed by atoms with Crippen LogP contribution in [0.1, 0.15) is 28.8 Å². The fraction of sp³-hybridized carbons (Fsp3) is 0.526. The minimum absolute atomic E-state index is 0.101. The van der Waals surface area contributed by atoms with Crippen LogP contribution in [0.4, 0.5) is 0 Å². The molecule has 4 nitrogen and oxygen atoms in total. The van der Waals surface area contributed by atoms with Gasteiger partial charge in [-0.15, -0.1) is 6.42 Å². The summed E-state index contributed by atoms with van der Waals surface area (Å²) in [5.41, 5.74) is 1.68. The number of terminal acetylenes is 1. The highest BCUT2D eigenvalue weighted by molar-refractivity contribution is 5.94. The van der Waals surface area contributed by atoms with Crippen molar-refractivity contribution in [3.8, 4) is 12.3 Å². The Hall–Kier alpha value is -1.83. The molecule has 1 aromatic carbocycles. The summed E-state index contributed by atoms with van der Waals surface area (Å²) in [5, 5.41) is 0. The summed E-state index contributed by atoms with van der Waals surface area (Å²) in [5.74, 6) is 2.69. The summed E-state index contributed by atoms with van der Waals surface area (Å²) in [6.07, 6.45) is 7.43. The largest absolute Gasteiger partial charge is 0.381 e. The Balaban J connectivity index is 1.80. The van der Waals surface area contributed by atoms with Crippen LogP contribution in [-0.2, 0) is 4.74 Å². The first-order chi connectivity index (χ1) is 11.1. The monoisotopic (exact) mass is 312 g/mol. The fourth-order valence-electron chi connectivity index (χ4n) is 3.98. The third-order valence-electron chi connectivity index (χ3n) is 5.30. The van der Waals surface area contributed by atoms with Gasteiger partial charge in [0.15, 0.2) is 0 Å². The zero-order valence-corrected chi connectivity index (χ0v) is 13.9. The molecular formula is C19H24N2O2. The quantitative estimate of drug-likeness (QED) is 0.781. The summed E-state index contributed by atoms with van der Waals surface area (Å²) in [6.45, 7) is 3.18. The highest BCUT2D eigenvalue weighted by Gasteiger charge is 2.49. The minimum atomic E-state index is 0.101. The Morgan fingerprint density at radius 1 is 1.30 bits per heavy atom. The highest BCUT2D eigenvalue weighted by atomic mass is 16.5. The molecule has 3 rings (SSSR count). The molecule has 1 amide bonds. The van der Waals surface area contributed by atoms with Gasteiger partial charge < -0.3 is 14.5 Å². The Morgan fingerprint density at radius 2 is 1.96 bits per heavy atom. The third-order valence-corrected chi connectivity index (χ3v) is 5.30. The summed E-state index contributed by atoms with van der Waals surface area (Å²) in [6, 6.07) is 7.71. The molecule has 2 heterocycles. The van der Waals surface area contributed by atoms with Gasteiger partial charge in [0.1, 0.15) is 0 Å². The van der Waals surface area contributed by atoms with E-state index in [9.17, 15) is 4.79 Å². The van der Waals surface area contributed by atoms with Gasteiger partial charge in [0.2, 0.25) is 0 Å². The van der Waals surface area contributed by atoms with Crippen molar-refractivity contribution in [3.63, 3.8) is 0 Å². The van der Waals surface area contributed by atoms with Gasteiger partial charge in [-0.25, -0.2) is 0 Å². The summed E-state index contributed by atoms with van der Waals surface area (Å²) in [7, 11) is 4.22. The summed E-state index contributed by atoms with van der Waals surface area (Å²) >= 11 is 0. The van der Waals surface area contributed by atoms with Crippen LogP contribution in [-0.4, -0.2) is 62.1 Å². The number of ether oxygens (including phenoxy) is 1. The van der Waals surface area contributed by atoms with E-state index in [1.807, 2.05) is 29.2 Å². The van der Waals surface area contributed by atoms with Gasteiger partial charge >= 0.3 is 0 Å². The van der Waals surface area contributed by atoms with Gasteiger partial charge in [0.05, 0.1) is 0 Å². The lowest BCUT2D eigenvalue weighted by Crippen LogP contribution is -2.46. The third kappa shape index (κ3) is 2.99.